The van der Waals surface area contributed by atoms with E-state index in [4.69, 9.17) is 0 Å². The van der Waals surface area contributed by atoms with Crippen LogP contribution >= 0.6 is 0 Å². The van der Waals surface area contributed by atoms with Crippen molar-refractivity contribution in [1.29, 1.82) is 0 Å². The van der Waals surface area contributed by atoms with Gasteiger partial charge in [0.1, 0.15) is 11.6 Å². The highest BCUT2D eigenvalue weighted by atomic mass is 19.1. The third kappa shape index (κ3) is 7.53. The van der Waals surface area contributed by atoms with Gasteiger partial charge >= 0.3 is 0 Å². The minimum Gasteiger partial charge on any atom is -0.382 e. The molecule has 1 aromatic heterocycles. The molecule has 0 radical (unpaired) electrons. The zero-order valence-corrected chi connectivity index (χ0v) is 28.2. The van der Waals surface area contributed by atoms with Crippen LogP contribution in [-0.4, -0.2) is 73.7 Å². The van der Waals surface area contributed by atoms with E-state index < -0.39 is 11.6 Å². The van der Waals surface area contributed by atoms with E-state index in [9.17, 15) is 9.18 Å². The van der Waals surface area contributed by atoms with Gasteiger partial charge < -0.3 is 15.1 Å². The van der Waals surface area contributed by atoms with Gasteiger partial charge in [0, 0.05) is 88.8 Å². The average Bonchev–Trinajstić information content (AvgIpc) is 3.26. The maximum Gasteiger partial charge on any atom is 0.206 e. The number of aromatic nitrogens is 1. The Hall–Kier alpha value is -4.34. The molecule has 0 aliphatic carbocycles. The molecule has 2 fully saturated rings. The number of piperazine rings is 2. The summed E-state index contributed by atoms with van der Waals surface area (Å²) in [6, 6.07) is 23.6. The lowest BCUT2D eigenvalue weighted by Crippen LogP contribution is -2.49. The van der Waals surface area contributed by atoms with Gasteiger partial charge in [-0.3, -0.25) is 14.6 Å². The molecule has 1 unspecified atom stereocenters. The molecule has 0 spiro atoms. The zero-order chi connectivity index (χ0) is 33.6. The molecule has 252 valence electrons. The standard InChI is InChI=1S/C39H46F2N6O/c1-4-42-35-11-8-16-43-39(35)47-23-21-45(22-24-47)36-25-30(28(2)3)12-13-31(38(36)48)27-44-17-19-46(20-18-44)37(29-9-6-5-7-10-29)33-15-14-32(40)26-34(33)41/h5-16,25-26,28,37,42H,4,17-24,27H2,1-3H3. The highest BCUT2D eigenvalue weighted by Gasteiger charge is 2.29. The maximum absolute atomic E-state index is 15.1. The Morgan fingerprint density at radius 2 is 1.52 bits per heavy atom. The highest BCUT2D eigenvalue weighted by molar-refractivity contribution is 5.66. The number of rotatable bonds is 10. The molecule has 7 nitrogen and oxygen atoms in total. The van der Waals surface area contributed by atoms with Crippen LogP contribution in [0.15, 0.2) is 89.9 Å². The molecule has 2 saturated heterocycles. The molecule has 2 aliphatic rings. The number of hydrogen-bond acceptors (Lipinski definition) is 7. The van der Waals surface area contributed by atoms with Crippen LogP contribution in [0.3, 0.4) is 0 Å². The fourth-order valence-electron chi connectivity index (χ4n) is 6.93. The summed E-state index contributed by atoms with van der Waals surface area (Å²) in [5.41, 5.74) is 5.26. The summed E-state index contributed by atoms with van der Waals surface area (Å²) in [6.07, 6.45) is 1.83. The van der Waals surface area contributed by atoms with Crippen molar-refractivity contribution >= 4 is 17.2 Å². The Morgan fingerprint density at radius 1 is 0.792 bits per heavy atom. The molecule has 0 bridgehead atoms. The second-order valence-corrected chi connectivity index (χ2v) is 13.0. The minimum absolute atomic E-state index is 0.0829. The van der Waals surface area contributed by atoms with Crippen LogP contribution in [-0.2, 0) is 6.54 Å². The summed E-state index contributed by atoms with van der Waals surface area (Å²) in [5.74, 6) is 0.128. The molecule has 1 atom stereocenters. The van der Waals surface area contributed by atoms with E-state index in [1.165, 1.54) is 6.07 Å². The molecular formula is C39H46F2N6O. The lowest BCUT2D eigenvalue weighted by atomic mass is 9.95. The van der Waals surface area contributed by atoms with Gasteiger partial charge in [-0.25, -0.2) is 13.8 Å². The van der Waals surface area contributed by atoms with Crippen LogP contribution in [0, 0.1) is 11.6 Å². The average molecular weight is 653 g/mol. The molecule has 0 saturated carbocycles. The van der Waals surface area contributed by atoms with Crippen LogP contribution in [0.2, 0.25) is 0 Å². The molecule has 0 amide bonds. The van der Waals surface area contributed by atoms with E-state index in [0.717, 1.165) is 85.8 Å². The number of anilines is 3. The topological polar surface area (TPSA) is 55.0 Å². The third-order valence-corrected chi connectivity index (χ3v) is 9.58. The summed E-state index contributed by atoms with van der Waals surface area (Å²) >= 11 is 0. The van der Waals surface area contributed by atoms with Crippen LogP contribution in [0.5, 0.6) is 0 Å². The lowest BCUT2D eigenvalue weighted by molar-refractivity contribution is 0.103. The van der Waals surface area contributed by atoms with Crippen LogP contribution in [0.4, 0.5) is 26.0 Å². The number of benzene rings is 2. The van der Waals surface area contributed by atoms with Gasteiger partial charge in [-0.2, -0.15) is 0 Å². The monoisotopic (exact) mass is 652 g/mol. The van der Waals surface area contributed by atoms with Crippen LogP contribution in [0.25, 0.3) is 0 Å². The number of nitrogens with one attached hydrogen (secondary N) is 1. The molecule has 9 heteroatoms. The van der Waals surface area contributed by atoms with Crippen molar-refractivity contribution in [3.05, 3.63) is 129 Å². The predicted octanol–water partition coefficient (Wildman–Crippen LogP) is 6.51. The van der Waals surface area contributed by atoms with Crippen LogP contribution < -0.4 is 20.5 Å². The van der Waals surface area contributed by atoms with Crippen molar-refractivity contribution in [2.75, 3.05) is 74.0 Å². The first-order valence-corrected chi connectivity index (χ1v) is 17.1. The first-order valence-electron chi connectivity index (χ1n) is 17.1. The van der Waals surface area contributed by atoms with E-state index in [-0.39, 0.29) is 17.4 Å². The minimum atomic E-state index is -0.578. The Bertz CT molecular complexity index is 1740. The molecule has 4 aromatic rings. The van der Waals surface area contributed by atoms with Gasteiger partial charge in [0.25, 0.3) is 0 Å². The van der Waals surface area contributed by atoms with Crippen molar-refractivity contribution < 1.29 is 8.78 Å². The van der Waals surface area contributed by atoms with E-state index in [0.29, 0.717) is 25.2 Å². The molecule has 3 heterocycles. The molecule has 3 aromatic carbocycles. The predicted molar refractivity (Wildman–Crippen MR) is 191 cm³/mol. The van der Waals surface area contributed by atoms with Gasteiger partial charge in [0.2, 0.25) is 5.43 Å². The molecule has 6 rings (SSSR count). The first-order chi connectivity index (χ1) is 23.3. The molecule has 48 heavy (non-hydrogen) atoms. The van der Waals surface area contributed by atoms with E-state index in [1.807, 2.05) is 48.7 Å². The summed E-state index contributed by atoms with van der Waals surface area (Å²) in [4.78, 5) is 28.0. The van der Waals surface area contributed by atoms with E-state index in [1.54, 1.807) is 6.07 Å². The smallest absolute Gasteiger partial charge is 0.206 e. The van der Waals surface area contributed by atoms with E-state index >= 15 is 4.39 Å². The first kappa shape index (κ1) is 33.6. The second kappa shape index (κ2) is 15.3. The summed E-state index contributed by atoms with van der Waals surface area (Å²) in [6.45, 7) is 13.7. The molecule has 1 N–H and O–H groups in total. The van der Waals surface area contributed by atoms with Gasteiger partial charge in [-0.1, -0.05) is 62.4 Å². The van der Waals surface area contributed by atoms with E-state index in [2.05, 4.69) is 68.9 Å². The quantitative estimate of drug-likeness (QED) is 0.210. The summed E-state index contributed by atoms with van der Waals surface area (Å²) in [7, 11) is 0. The largest absolute Gasteiger partial charge is 0.382 e. The Morgan fingerprint density at radius 3 is 2.21 bits per heavy atom. The molecule has 2 aliphatic heterocycles. The van der Waals surface area contributed by atoms with Crippen molar-refractivity contribution in [1.82, 2.24) is 14.8 Å². The molecular weight excluding hydrogens is 606 g/mol. The lowest BCUT2D eigenvalue weighted by Gasteiger charge is -2.40. The van der Waals surface area contributed by atoms with Crippen LogP contribution in [0.1, 0.15) is 55.0 Å². The van der Waals surface area contributed by atoms with Gasteiger partial charge in [0.15, 0.2) is 5.82 Å². The fourth-order valence-corrected chi connectivity index (χ4v) is 6.93. The number of nitrogens with zero attached hydrogens (tertiary/aromatic N) is 5. The van der Waals surface area contributed by atoms with Gasteiger partial charge in [-0.05, 0) is 48.2 Å². The normalized spacial score (nSPS) is 16.7. The van der Waals surface area contributed by atoms with Crippen molar-refractivity contribution in [2.24, 2.45) is 0 Å². The Kier molecular flexibility index (Phi) is 10.7. The SMILES string of the molecule is CCNc1cccnc1N1CCN(c2cc(C(C)C)ccc(CN3CCN(C(c4ccccc4)c4ccc(F)cc4F)CC3)c2=O)CC1. The summed E-state index contributed by atoms with van der Waals surface area (Å²) < 4.78 is 28.9. The fraction of sp³-hybridized carbons (Fsp3) is 0.385. The maximum atomic E-state index is 15.1. The zero-order valence-electron chi connectivity index (χ0n) is 28.2. The number of halogens is 2. The second-order valence-electron chi connectivity index (χ2n) is 13.0. The Labute approximate surface area is 282 Å². The van der Waals surface area contributed by atoms with Crippen molar-refractivity contribution in [3.63, 3.8) is 0 Å². The van der Waals surface area contributed by atoms with Gasteiger partial charge in [-0.15, -0.1) is 0 Å². The van der Waals surface area contributed by atoms with Crippen molar-refractivity contribution in [3.8, 4) is 0 Å². The highest BCUT2D eigenvalue weighted by Crippen LogP contribution is 2.32. The summed E-state index contributed by atoms with van der Waals surface area (Å²) in [5, 5.41) is 3.42. The van der Waals surface area contributed by atoms with Gasteiger partial charge in [0.05, 0.1) is 17.4 Å². The van der Waals surface area contributed by atoms with Crippen molar-refractivity contribution in [2.45, 2.75) is 39.3 Å². The third-order valence-electron chi connectivity index (χ3n) is 9.58. The number of hydrogen-bond donors (Lipinski definition) is 1. The Balaban J connectivity index is 1.19. The number of pyridine rings is 1.